The van der Waals surface area contributed by atoms with Gasteiger partial charge in [0.05, 0.1) is 6.21 Å². The third-order valence-electron chi connectivity index (χ3n) is 2.23. The van der Waals surface area contributed by atoms with Crippen LogP contribution in [0.2, 0.25) is 0 Å². The average Bonchev–Trinajstić information content (AvgIpc) is 2.01. The molecule has 0 saturated heterocycles. The molecule has 1 atom stereocenters. The highest BCUT2D eigenvalue weighted by molar-refractivity contribution is 5.88. The summed E-state index contributed by atoms with van der Waals surface area (Å²) in [6.07, 6.45) is 3.39. The van der Waals surface area contributed by atoms with Crippen molar-refractivity contribution in [3.05, 3.63) is 0 Å². The summed E-state index contributed by atoms with van der Waals surface area (Å²) in [7, 11) is 0. The smallest absolute Gasteiger partial charge is 0.0550 e. The number of nitrogens with zero attached hydrogens (tertiary/aromatic N) is 2. The lowest BCUT2D eigenvalue weighted by Crippen LogP contribution is -2.27. The van der Waals surface area contributed by atoms with Gasteiger partial charge in [0.15, 0.2) is 0 Å². The van der Waals surface area contributed by atoms with Crippen LogP contribution in [0, 0.1) is 11.3 Å². The Balaban J connectivity index is 4.60. The van der Waals surface area contributed by atoms with E-state index in [0.717, 1.165) is 0 Å². The highest BCUT2D eigenvalue weighted by atomic mass is 16.4. The Bertz CT molecular complexity index is 197. The molecule has 1 unspecified atom stereocenters. The molecule has 0 aliphatic carbocycles. The van der Waals surface area contributed by atoms with Crippen LogP contribution in [0.4, 0.5) is 0 Å². The van der Waals surface area contributed by atoms with Gasteiger partial charge >= 0.3 is 0 Å². The molecule has 0 heterocycles. The molecule has 0 spiro atoms. The van der Waals surface area contributed by atoms with E-state index in [4.69, 9.17) is 5.21 Å². The molecular weight excluding hydrogens is 164 g/mol. The Morgan fingerprint density at radius 2 is 1.69 bits per heavy atom. The van der Waals surface area contributed by atoms with Crippen LogP contribution in [-0.2, 0) is 0 Å². The lowest BCUT2D eigenvalue weighted by Gasteiger charge is -2.24. The highest BCUT2D eigenvalue weighted by Crippen LogP contribution is 2.22. The van der Waals surface area contributed by atoms with Crippen LogP contribution < -0.4 is 0 Å². The van der Waals surface area contributed by atoms with Gasteiger partial charge in [0, 0.05) is 17.7 Å². The van der Waals surface area contributed by atoms with E-state index >= 15 is 0 Å². The Labute approximate surface area is 80.6 Å². The topological polar surface area (TPSA) is 45.0 Å². The molecule has 13 heavy (non-hydrogen) atoms. The fourth-order valence-corrected chi connectivity index (χ4v) is 0.766. The average molecular weight is 184 g/mol. The molecule has 0 aromatic rings. The molecule has 76 valence electrons. The summed E-state index contributed by atoms with van der Waals surface area (Å²) in [6, 6.07) is 0.283. The summed E-state index contributed by atoms with van der Waals surface area (Å²) in [5.74, 6) is 0.367. The number of hydrogen-bond acceptors (Lipinski definition) is 3. The Hall–Kier alpha value is -0.860. The quantitative estimate of drug-likeness (QED) is 0.407. The van der Waals surface area contributed by atoms with Crippen molar-refractivity contribution >= 4 is 12.4 Å². The van der Waals surface area contributed by atoms with Crippen molar-refractivity contribution in [2.45, 2.75) is 40.7 Å². The predicted molar refractivity (Wildman–Crippen MR) is 56.9 cm³/mol. The van der Waals surface area contributed by atoms with E-state index in [1.165, 1.54) is 6.21 Å². The van der Waals surface area contributed by atoms with Gasteiger partial charge in [0.25, 0.3) is 0 Å². The van der Waals surface area contributed by atoms with Crippen LogP contribution >= 0.6 is 0 Å². The van der Waals surface area contributed by atoms with Gasteiger partial charge in [0.2, 0.25) is 0 Å². The molecule has 0 aliphatic heterocycles. The molecule has 0 aromatic heterocycles. The summed E-state index contributed by atoms with van der Waals surface area (Å²) in [5, 5.41) is 11.6. The van der Waals surface area contributed by atoms with Gasteiger partial charge in [-0.1, -0.05) is 13.8 Å². The van der Waals surface area contributed by atoms with Gasteiger partial charge in [-0.2, -0.15) is 0 Å². The van der Waals surface area contributed by atoms with Crippen molar-refractivity contribution < 1.29 is 5.21 Å². The third kappa shape index (κ3) is 4.06. The molecule has 0 radical (unpaired) electrons. The van der Waals surface area contributed by atoms with Crippen LogP contribution in [0.25, 0.3) is 0 Å². The first-order valence-corrected chi connectivity index (χ1v) is 4.65. The van der Waals surface area contributed by atoms with Crippen LogP contribution in [0.15, 0.2) is 10.1 Å². The van der Waals surface area contributed by atoms with Gasteiger partial charge in [-0.05, 0) is 26.7 Å². The van der Waals surface area contributed by atoms with E-state index in [9.17, 15) is 0 Å². The minimum absolute atomic E-state index is 0.251. The second-order valence-corrected chi connectivity index (χ2v) is 4.14. The zero-order valence-corrected chi connectivity index (χ0v) is 9.15. The summed E-state index contributed by atoms with van der Waals surface area (Å²) in [6.45, 7) is 10.2. The van der Waals surface area contributed by atoms with E-state index in [1.54, 1.807) is 0 Å². The zero-order valence-electron chi connectivity index (χ0n) is 9.15. The molecule has 3 nitrogen and oxygen atoms in total. The number of oxime groups is 1. The van der Waals surface area contributed by atoms with Crippen molar-refractivity contribution in [1.82, 2.24) is 0 Å². The first kappa shape index (κ1) is 12.1. The largest absolute Gasteiger partial charge is 0.411 e. The maximum Gasteiger partial charge on any atom is 0.0550 e. The third-order valence-corrected chi connectivity index (χ3v) is 2.23. The van der Waals surface area contributed by atoms with Gasteiger partial charge < -0.3 is 5.21 Å². The zero-order chi connectivity index (χ0) is 10.5. The van der Waals surface area contributed by atoms with Crippen LogP contribution in [0.1, 0.15) is 34.6 Å². The van der Waals surface area contributed by atoms with E-state index in [1.807, 2.05) is 27.0 Å². The van der Waals surface area contributed by atoms with E-state index in [0.29, 0.717) is 5.92 Å². The highest BCUT2D eigenvalue weighted by Gasteiger charge is 2.24. The summed E-state index contributed by atoms with van der Waals surface area (Å²) in [5.41, 5.74) is -0.251. The van der Waals surface area contributed by atoms with E-state index in [-0.39, 0.29) is 11.5 Å². The van der Waals surface area contributed by atoms with E-state index in [2.05, 4.69) is 24.0 Å². The lowest BCUT2D eigenvalue weighted by atomic mass is 9.81. The fourth-order valence-electron chi connectivity index (χ4n) is 0.766. The van der Waals surface area contributed by atoms with Gasteiger partial charge in [-0.15, -0.1) is 5.16 Å². The second-order valence-electron chi connectivity index (χ2n) is 4.14. The first-order valence-electron chi connectivity index (χ1n) is 4.65. The van der Waals surface area contributed by atoms with Gasteiger partial charge in [-0.3, -0.25) is 4.99 Å². The Morgan fingerprint density at radius 1 is 1.15 bits per heavy atom. The van der Waals surface area contributed by atoms with Crippen molar-refractivity contribution in [2.75, 3.05) is 0 Å². The monoisotopic (exact) mass is 184 g/mol. The number of hydrogen-bond donors (Lipinski definition) is 1. The molecule has 0 saturated carbocycles. The Kier molecular flexibility index (Phi) is 4.67. The molecular formula is C10H20N2O. The number of rotatable bonds is 4. The molecule has 3 heteroatoms. The Morgan fingerprint density at radius 3 is 2.00 bits per heavy atom. The molecule has 0 amide bonds. The van der Waals surface area contributed by atoms with Crippen molar-refractivity contribution in [3.8, 4) is 0 Å². The molecule has 0 rings (SSSR count). The lowest BCUT2D eigenvalue weighted by molar-refractivity contribution is 0.312. The van der Waals surface area contributed by atoms with Gasteiger partial charge in [0.1, 0.15) is 0 Å². The van der Waals surface area contributed by atoms with Crippen LogP contribution in [0.3, 0.4) is 0 Å². The summed E-state index contributed by atoms with van der Waals surface area (Å²) >= 11 is 0. The van der Waals surface area contributed by atoms with Crippen LogP contribution in [0.5, 0.6) is 0 Å². The molecule has 0 aromatic carbocycles. The summed E-state index contributed by atoms with van der Waals surface area (Å²) < 4.78 is 0. The number of aliphatic imine (C=N–C) groups is 1. The van der Waals surface area contributed by atoms with Crippen LogP contribution in [-0.4, -0.2) is 23.7 Å². The molecule has 0 bridgehead atoms. The predicted octanol–water partition coefficient (Wildman–Crippen LogP) is 2.59. The first-order chi connectivity index (χ1) is 5.92. The molecule has 0 aliphatic rings. The maximum atomic E-state index is 8.52. The van der Waals surface area contributed by atoms with Crippen molar-refractivity contribution in [3.63, 3.8) is 0 Å². The second kappa shape index (κ2) is 5.00. The normalized spacial score (nSPS) is 17.8. The minimum Gasteiger partial charge on any atom is -0.411 e. The fraction of sp³-hybridized carbons (Fsp3) is 0.800. The van der Waals surface area contributed by atoms with Crippen molar-refractivity contribution in [1.29, 1.82) is 0 Å². The van der Waals surface area contributed by atoms with E-state index < -0.39 is 0 Å². The minimum atomic E-state index is -0.251. The SMILES string of the molecule is CC(C)N=CC(C)(/C=N\O)C(C)C. The molecule has 0 fully saturated rings. The maximum absolute atomic E-state index is 8.52. The van der Waals surface area contributed by atoms with Crippen molar-refractivity contribution in [2.24, 2.45) is 21.5 Å². The summed E-state index contributed by atoms with van der Waals surface area (Å²) in [4.78, 5) is 4.31. The standard InChI is InChI=1S/C10H20N2O/c1-8(2)10(5,7-12-13)6-11-9(3)4/h6-9,13H,1-5H3/b11-6?,12-7-. The molecule has 1 N–H and O–H groups in total. The van der Waals surface area contributed by atoms with Gasteiger partial charge in [-0.25, -0.2) is 0 Å².